The van der Waals surface area contributed by atoms with Crippen molar-refractivity contribution in [3.05, 3.63) is 17.3 Å². The molecule has 0 spiro atoms. The van der Waals surface area contributed by atoms with Gasteiger partial charge in [-0.05, 0) is 25.0 Å². The average Bonchev–Trinajstić information content (AvgIpc) is 2.30. The van der Waals surface area contributed by atoms with Crippen molar-refractivity contribution in [1.82, 2.24) is 15.5 Å². The molecule has 1 aliphatic rings. The highest BCUT2D eigenvalue weighted by Crippen LogP contribution is 2.14. The third-order valence-corrected chi connectivity index (χ3v) is 2.85. The van der Waals surface area contributed by atoms with Crippen molar-refractivity contribution in [2.75, 3.05) is 31.1 Å². The summed E-state index contributed by atoms with van der Waals surface area (Å²) in [4.78, 5) is 2.29. The molecule has 0 unspecified atom stereocenters. The second-order valence-corrected chi connectivity index (χ2v) is 3.92. The fourth-order valence-corrected chi connectivity index (χ4v) is 1.89. The van der Waals surface area contributed by atoms with E-state index in [1.165, 1.54) is 5.56 Å². The molecule has 0 aromatic carbocycles. The number of aryl methyl sites for hydroxylation is 2. The van der Waals surface area contributed by atoms with Gasteiger partial charge in [-0.1, -0.05) is 6.92 Å². The first-order valence-electron chi connectivity index (χ1n) is 5.60. The van der Waals surface area contributed by atoms with E-state index in [2.05, 4.69) is 40.3 Å². The van der Waals surface area contributed by atoms with Crippen LogP contribution in [0, 0.1) is 6.92 Å². The highest BCUT2D eigenvalue weighted by Gasteiger charge is 2.12. The summed E-state index contributed by atoms with van der Waals surface area (Å²) in [5, 5.41) is 11.9. The van der Waals surface area contributed by atoms with E-state index in [-0.39, 0.29) is 0 Å². The lowest BCUT2D eigenvalue weighted by molar-refractivity contribution is 0.582. The van der Waals surface area contributed by atoms with E-state index in [4.69, 9.17) is 0 Å². The van der Waals surface area contributed by atoms with E-state index in [9.17, 15) is 0 Å². The highest BCUT2D eigenvalue weighted by molar-refractivity contribution is 5.41. The molecule has 1 aromatic heterocycles. The smallest absolute Gasteiger partial charge is 0.151 e. The molecule has 4 heteroatoms. The number of anilines is 1. The number of nitrogens with zero attached hydrogens (tertiary/aromatic N) is 3. The number of hydrogen-bond donors (Lipinski definition) is 1. The average molecular weight is 206 g/mol. The number of nitrogens with one attached hydrogen (secondary N) is 1. The van der Waals surface area contributed by atoms with Gasteiger partial charge >= 0.3 is 0 Å². The van der Waals surface area contributed by atoms with Crippen molar-refractivity contribution >= 4 is 5.82 Å². The third-order valence-electron chi connectivity index (χ3n) is 2.85. The van der Waals surface area contributed by atoms with Crippen molar-refractivity contribution in [1.29, 1.82) is 0 Å². The zero-order valence-electron chi connectivity index (χ0n) is 9.45. The molecule has 0 radical (unpaired) electrons. The molecule has 1 saturated heterocycles. The minimum atomic E-state index is 0.959. The Morgan fingerprint density at radius 3 is 2.67 bits per heavy atom. The van der Waals surface area contributed by atoms with Crippen LogP contribution in [0.15, 0.2) is 6.07 Å². The first-order chi connectivity index (χ1) is 7.31. The van der Waals surface area contributed by atoms with Gasteiger partial charge in [-0.3, -0.25) is 0 Å². The van der Waals surface area contributed by atoms with Crippen LogP contribution in [-0.2, 0) is 6.42 Å². The van der Waals surface area contributed by atoms with Crippen LogP contribution < -0.4 is 10.2 Å². The minimum absolute atomic E-state index is 0.959. The molecule has 2 rings (SSSR count). The minimum Gasteiger partial charge on any atom is -0.353 e. The summed E-state index contributed by atoms with van der Waals surface area (Å²) in [5.41, 5.74) is 2.36. The monoisotopic (exact) mass is 206 g/mol. The van der Waals surface area contributed by atoms with Gasteiger partial charge < -0.3 is 10.2 Å². The molecule has 0 amide bonds. The maximum absolute atomic E-state index is 4.28. The third kappa shape index (κ3) is 2.26. The van der Waals surface area contributed by atoms with Crippen LogP contribution in [0.3, 0.4) is 0 Å². The van der Waals surface area contributed by atoms with Crippen molar-refractivity contribution in [2.24, 2.45) is 0 Å². The summed E-state index contributed by atoms with van der Waals surface area (Å²) in [5.74, 6) is 1.02. The summed E-state index contributed by atoms with van der Waals surface area (Å²) >= 11 is 0. The van der Waals surface area contributed by atoms with Gasteiger partial charge in [0, 0.05) is 26.2 Å². The SMILES string of the molecule is CCc1nnc(N2CCNCC2)cc1C. The van der Waals surface area contributed by atoms with Crippen LogP contribution in [0.4, 0.5) is 5.82 Å². The van der Waals surface area contributed by atoms with E-state index in [1.54, 1.807) is 0 Å². The van der Waals surface area contributed by atoms with Crippen LogP contribution in [0.1, 0.15) is 18.2 Å². The van der Waals surface area contributed by atoms with Gasteiger partial charge in [-0.2, -0.15) is 5.10 Å². The first kappa shape index (κ1) is 10.4. The van der Waals surface area contributed by atoms with Gasteiger partial charge in [0.25, 0.3) is 0 Å². The lowest BCUT2D eigenvalue weighted by Crippen LogP contribution is -2.44. The van der Waals surface area contributed by atoms with E-state index in [0.29, 0.717) is 0 Å². The Morgan fingerprint density at radius 1 is 1.33 bits per heavy atom. The van der Waals surface area contributed by atoms with Crippen molar-refractivity contribution in [2.45, 2.75) is 20.3 Å². The molecule has 2 heterocycles. The predicted molar refractivity (Wildman–Crippen MR) is 61.2 cm³/mol. The number of piperazine rings is 1. The van der Waals surface area contributed by atoms with Crippen LogP contribution >= 0.6 is 0 Å². The second kappa shape index (κ2) is 4.57. The van der Waals surface area contributed by atoms with Gasteiger partial charge in [0.2, 0.25) is 0 Å². The normalized spacial score (nSPS) is 16.8. The zero-order valence-corrected chi connectivity index (χ0v) is 9.45. The molecule has 0 aliphatic carbocycles. The van der Waals surface area contributed by atoms with E-state index in [1.807, 2.05) is 0 Å². The lowest BCUT2D eigenvalue weighted by Gasteiger charge is -2.28. The molecule has 1 aliphatic heterocycles. The zero-order chi connectivity index (χ0) is 10.7. The Labute approximate surface area is 90.7 Å². The Kier molecular flexibility index (Phi) is 3.16. The maximum atomic E-state index is 4.28. The topological polar surface area (TPSA) is 41.1 Å². The van der Waals surface area contributed by atoms with Crippen LogP contribution in [0.5, 0.6) is 0 Å². The molecule has 15 heavy (non-hydrogen) atoms. The van der Waals surface area contributed by atoms with Crippen LogP contribution in [-0.4, -0.2) is 36.4 Å². The molecular formula is C11H18N4. The lowest BCUT2D eigenvalue weighted by atomic mass is 10.2. The molecule has 1 aromatic rings. The largest absolute Gasteiger partial charge is 0.353 e. The molecule has 1 N–H and O–H groups in total. The van der Waals surface area contributed by atoms with E-state index < -0.39 is 0 Å². The molecule has 1 fully saturated rings. The summed E-state index contributed by atoms with van der Waals surface area (Å²) < 4.78 is 0. The van der Waals surface area contributed by atoms with Gasteiger partial charge in [0.15, 0.2) is 5.82 Å². The predicted octanol–water partition coefficient (Wildman–Crippen LogP) is 0.757. The van der Waals surface area contributed by atoms with Gasteiger partial charge in [-0.25, -0.2) is 0 Å². The van der Waals surface area contributed by atoms with E-state index >= 15 is 0 Å². The highest BCUT2D eigenvalue weighted by atomic mass is 15.3. The van der Waals surface area contributed by atoms with E-state index in [0.717, 1.165) is 44.1 Å². The molecular weight excluding hydrogens is 188 g/mol. The molecule has 0 bridgehead atoms. The Bertz CT molecular complexity index is 331. The van der Waals surface area contributed by atoms with Crippen molar-refractivity contribution in [3.8, 4) is 0 Å². The standard InChI is InChI=1S/C11H18N4/c1-3-10-9(2)8-11(14-13-10)15-6-4-12-5-7-15/h8,12H,3-7H2,1-2H3. The molecule has 0 saturated carbocycles. The molecule has 0 atom stereocenters. The van der Waals surface area contributed by atoms with Crippen molar-refractivity contribution < 1.29 is 0 Å². The van der Waals surface area contributed by atoms with Gasteiger partial charge in [-0.15, -0.1) is 5.10 Å². The Hall–Kier alpha value is -1.16. The summed E-state index contributed by atoms with van der Waals surface area (Å²) in [6.45, 7) is 8.35. The van der Waals surface area contributed by atoms with Crippen molar-refractivity contribution in [3.63, 3.8) is 0 Å². The van der Waals surface area contributed by atoms with Gasteiger partial charge in [0.05, 0.1) is 5.69 Å². The molecule has 82 valence electrons. The van der Waals surface area contributed by atoms with Crippen LogP contribution in [0.25, 0.3) is 0 Å². The maximum Gasteiger partial charge on any atom is 0.151 e. The Balaban J connectivity index is 2.17. The number of hydrogen-bond acceptors (Lipinski definition) is 4. The fraction of sp³-hybridized carbons (Fsp3) is 0.636. The first-order valence-corrected chi connectivity index (χ1v) is 5.60. The Morgan fingerprint density at radius 2 is 2.07 bits per heavy atom. The number of rotatable bonds is 2. The second-order valence-electron chi connectivity index (χ2n) is 3.92. The summed E-state index contributed by atoms with van der Waals surface area (Å²) in [6.07, 6.45) is 0.959. The van der Waals surface area contributed by atoms with Crippen LogP contribution in [0.2, 0.25) is 0 Å². The fourth-order valence-electron chi connectivity index (χ4n) is 1.89. The van der Waals surface area contributed by atoms with Gasteiger partial charge in [0.1, 0.15) is 0 Å². The quantitative estimate of drug-likeness (QED) is 0.775. The summed E-state index contributed by atoms with van der Waals surface area (Å²) in [6, 6.07) is 2.15. The molecule has 4 nitrogen and oxygen atoms in total. The summed E-state index contributed by atoms with van der Waals surface area (Å²) in [7, 11) is 0. The number of aromatic nitrogens is 2.